The average molecular weight is 394 g/mol. The van der Waals surface area contributed by atoms with E-state index >= 15 is 0 Å². The summed E-state index contributed by atoms with van der Waals surface area (Å²) in [4.78, 5) is 0. The Labute approximate surface area is 172 Å². The van der Waals surface area contributed by atoms with Crippen molar-refractivity contribution in [3.05, 3.63) is 6.92 Å². The second-order valence-corrected chi connectivity index (χ2v) is 9.98. The molecular weight excluding hydrogens is 353 g/mol. The van der Waals surface area contributed by atoms with E-state index in [0.29, 0.717) is 10.8 Å². The molecule has 0 heterocycles. The minimum absolute atomic E-state index is 0. The zero-order valence-electron chi connectivity index (χ0n) is 16.7. The van der Waals surface area contributed by atoms with Crippen LogP contribution in [0.4, 0.5) is 0 Å². The summed E-state index contributed by atoms with van der Waals surface area (Å²) >= 11 is 0. The minimum Gasteiger partial charge on any atom is -0.343 e. The first-order chi connectivity index (χ1) is 10.3. The molecule has 23 heavy (non-hydrogen) atoms. The van der Waals surface area contributed by atoms with Crippen LogP contribution in [-0.4, -0.2) is 0 Å². The molecule has 0 N–H and O–H groups in total. The van der Waals surface area contributed by atoms with Gasteiger partial charge >= 0.3 is 0 Å². The molecule has 2 aliphatic rings. The first-order valence-corrected chi connectivity index (χ1v) is 10.1. The third-order valence-electron chi connectivity index (χ3n) is 7.35. The molecule has 0 aromatic heterocycles. The zero-order chi connectivity index (χ0) is 16.4. The number of rotatable bonds is 5. The van der Waals surface area contributed by atoms with Gasteiger partial charge in [-0.15, -0.1) is 0 Å². The average Bonchev–Trinajstić information content (AvgIpc) is 2.43. The Hall–Kier alpha value is 1.10. The molecule has 1 heteroatoms. The predicted octanol–water partition coefficient (Wildman–Crippen LogP) is 7.28. The Morgan fingerprint density at radius 2 is 1.35 bits per heavy atom. The molecule has 2 saturated carbocycles. The summed E-state index contributed by atoms with van der Waals surface area (Å²) in [6, 6.07) is 0. The second kappa shape index (κ2) is 9.16. The standard InChI is InChI=1S/C22H41.Y/c1-7-9-19-12-11-18(16-21(19,3)4)14-20-13-10-17(8-2)15-22(20,5)6;/h17-20H,2,7-16H2,1,3-6H3;/q-1;/t17-,18+,19+,20-;/m1./s1. The van der Waals surface area contributed by atoms with Crippen molar-refractivity contribution in [2.45, 2.75) is 98.8 Å². The fourth-order valence-electron chi connectivity index (χ4n) is 5.85. The van der Waals surface area contributed by atoms with Gasteiger partial charge in [0.05, 0.1) is 0 Å². The fourth-order valence-corrected chi connectivity index (χ4v) is 5.85. The van der Waals surface area contributed by atoms with Crippen molar-refractivity contribution in [3.63, 3.8) is 0 Å². The topological polar surface area (TPSA) is 0 Å². The molecule has 0 nitrogen and oxygen atoms in total. The maximum atomic E-state index is 4.16. The summed E-state index contributed by atoms with van der Waals surface area (Å²) in [5.74, 6) is 3.81. The maximum Gasteiger partial charge on any atom is 0 e. The third-order valence-corrected chi connectivity index (χ3v) is 7.35. The van der Waals surface area contributed by atoms with E-state index in [-0.39, 0.29) is 32.7 Å². The summed E-state index contributed by atoms with van der Waals surface area (Å²) in [5.41, 5.74) is 1.12. The van der Waals surface area contributed by atoms with Gasteiger partial charge in [0.15, 0.2) is 0 Å². The largest absolute Gasteiger partial charge is 0.343 e. The first-order valence-electron chi connectivity index (χ1n) is 10.1. The van der Waals surface area contributed by atoms with Gasteiger partial charge in [0.25, 0.3) is 0 Å². The molecule has 0 spiro atoms. The summed E-state index contributed by atoms with van der Waals surface area (Å²) in [5, 5.41) is 0. The van der Waals surface area contributed by atoms with Crippen molar-refractivity contribution in [2.24, 2.45) is 34.5 Å². The molecule has 4 atom stereocenters. The predicted molar refractivity (Wildman–Crippen MR) is 98.7 cm³/mol. The molecule has 0 unspecified atom stereocenters. The van der Waals surface area contributed by atoms with Crippen molar-refractivity contribution in [1.29, 1.82) is 0 Å². The quantitative estimate of drug-likeness (QED) is 0.430. The molecule has 0 aliphatic heterocycles. The van der Waals surface area contributed by atoms with Crippen LogP contribution < -0.4 is 0 Å². The van der Waals surface area contributed by atoms with Gasteiger partial charge in [-0.25, -0.2) is 0 Å². The summed E-state index contributed by atoms with van der Waals surface area (Å²) in [6.07, 6.45) is 14.2. The molecule has 0 aromatic rings. The third kappa shape index (κ3) is 5.80. The molecule has 0 amide bonds. The number of hydrogen-bond acceptors (Lipinski definition) is 0. The van der Waals surface area contributed by atoms with Gasteiger partial charge in [-0.05, 0) is 60.7 Å². The molecule has 133 valence electrons. The second-order valence-electron chi connectivity index (χ2n) is 9.98. The van der Waals surface area contributed by atoms with Gasteiger partial charge in [-0.1, -0.05) is 66.2 Å². The van der Waals surface area contributed by atoms with Crippen LogP contribution in [0.5, 0.6) is 0 Å². The van der Waals surface area contributed by atoms with E-state index in [1.165, 1.54) is 57.8 Å². The Kier molecular flexibility index (Phi) is 8.82. The molecule has 2 aliphatic carbocycles. The maximum absolute atomic E-state index is 4.16. The monoisotopic (exact) mass is 394 g/mol. The normalized spacial score (nSPS) is 36.3. The van der Waals surface area contributed by atoms with Crippen molar-refractivity contribution in [2.75, 3.05) is 0 Å². The Morgan fingerprint density at radius 1 is 0.826 bits per heavy atom. The molecule has 0 aromatic carbocycles. The van der Waals surface area contributed by atoms with E-state index in [1.54, 1.807) is 0 Å². The Bertz CT molecular complexity index is 344. The van der Waals surface area contributed by atoms with Crippen molar-refractivity contribution < 1.29 is 32.7 Å². The fraction of sp³-hybridized carbons (Fsp3) is 0.955. The van der Waals surface area contributed by atoms with Crippen LogP contribution in [0.2, 0.25) is 0 Å². The Balaban J connectivity index is 0.00000264. The molecule has 1 radical (unpaired) electrons. The van der Waals surface area contributed by atoms with E-state index in [0.717, 1.165) is 30.1 Å². The van der Waals surface area contributed by atoms with E-state index in [4.69, 9.17) is 0 Å². The van der Waals surface area contributed by atoms with Crippen molar-refractivity contribution in [3.8, 4) is 0 Å². The molecule has 2 fully saturated rings. The zero-order valence-corrected chi connectivity index (χ0v) is 19.5. The molecule has 0 saturated heterocycles. The first kappa shape index (κ1) is 22.1. The number of hydrogen-bond donors (Lipinski definition) is 0. The smallest absolute Gasteiger partial charge is 0 e. The van der Waals surface area contributed by atoms with Crippen LogP contribution in [0.1, 0.15) is 98.8 Å². The van der Waals surface area contributed by atoms with E-state index in [2.05, 4.69) is 41.5 Å². The van der Waals surface area contributed by atoms with Gasteiger partial charge in [0.1, 0.15) is 0 Å². The van der Waals surface area contributed by atoms with E-state index in [1.807, 2.05) is 0 Å². The van der Waals surface area contributed by atoms with Gasteiger partial charge in [-0.3, -0.25) is 0 Å². The van der Waals surface area contributed by atoms with E-state index < -0.39 is 0 Å². The van der Waals surface area contributed by atoms with Gasteiger partial charge in [0, 0.05) is 32.7 Å². The van der Waals surface area contributed by atoms with Crippen LogP contribution in [0, 0.1) is 41.4 Å². The van der Waals surface area contributed by atoms with Crippen LogP contribution >= 0.6 is 0 Å². The minimum atomic E-state index is 0. The van der Waals surface area contributed by atoms with Crippen molar-refractivity contribution in [1.82, 2.24) is 0 Å². The molecule has 2 rings (SSSR count). The summed E-state index contributed by atoms with van der Waals surface area (Å²) in [7, 11) is 0. The van der Waals surface area contributed by atoms with Crippen LogP contribution in [0.3, 0.4) is 0 Å². The molecular formula is C22H41Y-. The summed E-state index contributed by atoms with van der Waals surface area (Å²) in [6.45, 7) is 16.7. The van der Waals surface area contributed by atoms with Crippen LogP contribution in [0.25, 0.3) is 0 Å². The van der Waals surface area contributed by atoms with Gasteiger partial charge in [-0.2, -0.15) is 6.42 Å². The van der Waals surface area contributed by atoms with Crippen LogP contribution in [0.15, 0.2) is 0 Å². The van der Waals surface area contributed by atoms with Crippen LogP contribution in [-0.2, 0) is 32.7 Å². The van der Waals surface area contributed by atoms with E-state index in [9.17, 15) is 0 Å². The van der Waals surface area contributed by atoms with Gasteiger partial charge < -0.3 is 6.92 Å². The Morgan fingerprint density at radius 3 is 1.87 bits per heavy atom. The summed E-state index contributed by atoms with van der Waals surface area (Å²) < 4.78 is 0. The molecule has 0 bridgehead atoms. The van der Waals surface area contributed by atoms with Gasteiger partial charge in [0.2, 0.25) is 0 Å². The van der Waals surface area contributed by atoms with Crippen molar-refractivity contribution >= 4 is 0 Å². The SMILES string of the molecule is [CH2-]C[C@@H]1CC[C@H](C[C@@H]2CC[C@H](CCC)C(C)(C)C2)C(C)(C)C1.[Y].